The topological polar surface area (TPSA) is 38.7 Å². The van der Waals surface area contributed by atoms with E-state index in [0.717, 1.165) is 33.4 Å². The molecule has 0 aliphatic rings. The quantitative estimate of drug-likeness (QED) is 0.157. The number of hydrogen-bond donors (Lipinski definition) is 0. The van der Waals surface area contributed by atoms with Gasteiger partial charge in [0.1, 0.15) is 0 Å². The van der Waals surface area contributed by atoms with E-state index in [4.69, 9.17) is 15.0 Å². The maximum atomic E-state index is 5.07. The molecule has 0 saturated carbocycles. The van der Waals surface area contributed by atoms with Crippen molar-refractivity contribution in [3.63, 3.8) is 0 Å². The molecule has 0 unspecified atom stereocenters. The minimum atomic E-state index is 0.639. The maximum absolute atomic E-state index is 5.07. The minimum Gasteiger partial charge on any atom is -0.208 e. The number of hydrogen-bond acceptors (Lipinski definition) is 4. The van der Waals surface area contributed by atoms with Gasteiger partial charge in [0.2, 0.25) is 0 Å². The molecule has 0 radical (unpaired) electrons. The van der Waals surface area contributed by atoms with Crippen LogP contribution < -0.4 is 0 Å². The van der Waals surface area contributed by atoms with Crippen LogP contribution in [0.15, 0.2) is 212 Å². The molecule has 0 fully saturated rings. The summed E-state index contributed by atoms with van der Waals surface area (Å²) in [6.07, 6.45) is 0. The summed E-state index contributed by atoms with van der Waals surface area (Å²) in [6.45, 7) is 0. The first-order valence-corrected chi connectivity index (χ1v) is 21.4. The molecule has 0 aliphatic heterocycles. The van der Waals surface area contributed by atoms with E-state index < -0.39 is 0 Å². The highest BCUT2D eigenvalue weighted by atomic mass is 32.1. The Morgan fingerprint density at radius 3 is 1.21 bits per heavy atom. The SMILES string of the molecule is c1ccc(-c2nc(-c3ccc(-c4ccc(-c5cccc6c5sc5ccccc56)cc4)cc3)nc(-c3ccc(-c4ccc5c6ccccc6c6ccccc6c5c4)cc3)n2)cc1. The summed E-state index contributed by atoms with van der Waals surface area (Å²) >= 11 is 1.87. The van der Waals surface area contributed by atoms with Crippen LogP contribution in [-0.2, 0) is 0 Å². The molecule has 0 aliphatic carbocycles. The Balaban J connectivity index is 0.868. The number of thiophene rings is 1. The fraction of sp³-hybridized carbons (Fsp3) is 0. The average molecular weight is 794 g/mol. The molecule has 2 aromatic heterocycles. The van der Waals surface area contributed by atoms with Crippen LogP contribution in [0.25, 0.3) is 120 Å². The van der Waals surface area contributed by atoms with Gasteiger partial charge >= 0.3 is 0 Å². The predicted molar refractivity (Wildman–Crippen MR) is 258 cm³/mol. The van der Waals surface area contributed by atoms with Gasteiger partial charge in [0.15, 0.2) is 17.5 Å². The monoisotopic (exact) mass is 793 g/mol. The number of benzene rings is 10. The van der Waals surface area contributed by atoms with Crippen LogP contribution in [0.3, 0.4) is 0 Å². The van der Waals surface area contributed by atoms with E-state index in [1.54, 1.807) is 0 Å². The Kier molecular flexibility index (Phi) is 8.36. The minimum absolute atomic E-state index is 0.639. The lowest BCUT2D eigenvalue weighted by atomic mass is 9.92. The summed E-state index contributed by atoms with van der Waals surface area (Å²) < 4.78 is 2.65. The smallest absolute Gasteiger partial charge is 0.164 e. The normalized spacial score (nSPS) is 11.6. The molecule has 2 heterocycles. The lowest BCUT2D eigenvalue weighted by Gasteiger charge is -2.12. The van der Waals surface area contributed by atoms with Gasteiger partial charge in [0, 0.05) is 36.9 Å². The van der Waals surface area contributed by atoms with Crippen LogP contribution in [0.1, 0.15) is 0 Å². The summed E-state index contributed by atoms with van der Waals surface area (Å²) in [5.74, 6) is 1.92. The third-order valence-electron chi connectivity index (χ3n) is 12.0. The molecule has 0 N–H and O–H groups in total. The van der Waals surface area contributed by atoms with Gasteiger partial charge < -0.3 is 0 Å². The first-order valence-electron chi connectivity index (χ1n) is 20.6. The summed E-state index contributed by atoms with van der Waals surface area (Å²) in [6, 6.07) is 75.8. The molecule has 0 amide bonds. The second-order valence-corrected chi connectivity index (χ2v) is 16.6. The lowest BCUT2D eigenvalue weighted by Crippen LogP contribution is -2.00. The van der Waals surface area contributed by atoms with Crippen molar-refractivity contribution in [2.75, 3.05) is 0 Å². The second-order valence-electron chi connectivity index (χ2n) is 15.5. The van der Waals surface area contributed by atoms with Crippen molar-refractivity contribution in [1.82, 2.24) is 15.0 Å². The van der Waals surface area contributed by atoms with E-state index >= 15 is 0 Å². The van der Waals surface area contributed by atoms with Crippen LogP contribution in [0, 0.1) is 0 Å². The van der Waals surface area contributed by atoms with Crippen molar-refractivity contribution in [2.45, 2.75) is 0 Å². The van der Waals surface area contributed by atoms with E-state index in [9.17, 15) is 0 Å². The third kappa shape index (κ3) is 6.16. The summed E-state index contributed by atoms with van der Waals surface area (Å²) in [7, 11) is 0. The van der Waals surface area contributed by atoms with Gasteiger partial charge in [-0.05, 0) is 77.8 Å². The van der Waals surface area contributed by atoms with Gasteiger partial charge in [-0.15, -0.1) is 11.3 Å². The standard InChI is InChI=1S/C57H35N3S/c1-2-11-40(12-3-1)55-58-56(41-29-23-37(24-30-41)36-21-27-39(28-22-36)44-18-10-19-51-50-17-8-9-20-53(50)61-54(44)51)60-57(59-55)42-31-25-38(26-32-42)43-33-34-49-47-15-5-4-13-45(47)46-14-6-7-16-48(46)52(49)35-43/h1-35H. The van der Waals surface area contributed by atoms with Crippen LogP contribution >= 0.6 is 11.3 Å². The largest absolute Gasteiger partial charge is 0.208 e. The molecule has 0 bridgehead atoms. The molecule has 284 valence electrons. The van der Waals surface area contributed by atoms with Crippen molar-refractivity contribution >= 4 is 63.8 Å². The molecular weight excluding hydrogens is 759 g/mol. The van der Waals surface area contributed by atoms with Crippen LogP contribution in [0.5, 0.6) is 0 Å². The van der Waals surface area contributed by atoms with Gasteiger partial charge in [-0.3, -0.25) is 0 Å². The lowest BCUT2D eigenvalue weighted by molar-refractivity contribution is 1.07. The fourth-order valence-electron chi connectivity index (χ4n) is 8.88. The number of fused-ring (bicyclic) bond motifs is 9. The first kappa shape index (κ1) is 35.2. The molecule has 61 heavy (non-hydrogen) atoms. The number of nitrogens with zero attached hydrogens (tertiary/aromatic N) is 3. The second kappa shape index (κ2) is 14.5. The van der Waals surface area contributed by atoms with Crippen molar-refractivity contribution in [2.24, 2.45) is 0 Å². The Labute approximate surface area is 356 Å². The van der Waals surface area contributed by atoms with Crippen LogP contribution in [0.4, 0.5) is 0 Å². The molecule has 12 aromatic rings. The summed E-state index contributed by atoms with van der Waals surface area (Å²) in [5, 5.41) is 10.3. The van der Waals surface area contributed by atoms with Gasteiger partial charge in [0.05, 0.1) is 0 Å². The summed E-state index contributed by atoms with van der Waals surface area (Å²) in [4.78, 5) is 15.1. The van der Waals surface area contributed by atoms with Crippen molar-refractivity contribution in [3.8, 4) is 67.5 Å². The third-order valence-corrected chi connectivity index (χ3v) is 13.2. The van der Waals surface area contributed by atoms with E-state index in [-0.39, 0.29) is 0 Å². The Bertz CT molecular complexity index is 3580. The Morgan fingerprint density at radius 1 is 0.246 bits per heavy atom. The van der Waals surface area contributed by atoms with Crippen LogP contribution in [-0.4, -0.2) is 15.0 Å². The predicted octanol–water partition coefficient (Wildman–Crippen LogP) is 15.7. The molecule has 3 nitrogen and oxygen atoms in total. The van der Waals surface area contributed by atoms with Crippen molar-refractivity contribution in [1.29, 1.82) is 0 Å². The first-order chi connectivity index (χ1) is 30.2. The Hall–Kier alpha value is -7.79. The number of aromatic nitrogens is 3. The highest BCUT2D eigenvalue weighted by Crippen LogP contribution is 2.41. The zero-order chi connectivity index (χ0) is 40.3. The van der Waals surface area contributed by atoms with E-state index in [1.807, 2.05) is 41.7 Å². The number of rotatable bonds is 6. The Morgan fingerprint density at radius 2 is 0.639 bits per heavy atom. The molecular formula is C57H35N3S. The molecule has 0 spiro atoms. The van der Waals surface area contributed by atoms with Crippen molar-refractivity contribution in [3.05, 3.63) is 212 Å². The maximum Gasteiger partial charge on any atom is 0.164 e. The zero-order valence-corrected chi connectivity index (χ0v) is 33.8. The van der Waals surface area contributed by atoms with E-state index in [2.05, 4.69) is 182 Å². The van der Waals surface area contributed by atoms with Gasteiger partial charge in [0.25, 0.3) is 0 Å². The molecule has 10 aromatic carbocycles. The molecule has 4 heteroatoms. The van der Waals surface area contributed by atoms with Gasteiger partial charge in [-0.1, -0.05) is 200 Å². The highest BCUT2D eigenvalue weighted by Gasteiger charge is 2.15. The highest BCUT2D eigenvalue weighted by molar-refractivity contribution is 7.26. The van der Waals surface area contributed by atoms with Crippen LogP contribution in [0.2, 0.25) is 0 Å². The van der Waals surface area contributed by atoms with Gasteiger partial charge in [-0.25, -0.2) is 15.0 Å². The average Bonchev–Trinajstić information content (AvgIpc) is 3.73. The molecule has 0 atom stereocenters. The fourth-order valence-corrected chi connectivity index (χ4v) is 10.1. The summed E-state index contributed by atoms with van der Waals surface area (Å²) in [5.41, 5.74) is 9.91. The van der Waals surface area contributed by atoms with E-state index in [0.29, 0.717) is 17.5 Å². The molecule has 12 rings (SSSR count). The van der Waals surface area contributed by atoms with Gasteiger partial charge in [-0.2, -0.15) is 0 Å². The zero-order valence-electron chi connectivity index (χ0n) is 33.0. The molecule has 0 saturated heterocycles. The van der Waals surface area contributed by atoms with Crippen molar-refractivity contribution < 1.29 is 0 Å². The van der Waals surface area contributed by atoms with E-state index in [1.165, 1.54) is 69.2 Å².